The van der Waals surface area contributed by atoms with Crippen molar-refractivity contribution in [2.75, 3.05) is 7.11 Å². The van der Waals surface area contributed by atoms with Crippen LogP contribution in [0.5, 0.6) is 17.2 Å². The van der Waals surface area contributed by atoms with Gasteiger partial charge in [-0.25, -0.2) is 0 Å². The zero-order chi connectivity index (χ0) is 15.6. The standard InChI is InChI=1S/C16H16Br2O2S/c1-9(2)12-6-10(4-5-15(12)19-3)20-16-13(17)7-11(21)8-14(16)18/h4-9,21H,1-3H3. The first kappa shape index (κ1) is 16.7. The van der Waals surface area contributed by atoms with Crippen molar-refractivity contribution < 1.29 is 9.47 Å². The lowest BCUT2D eigenvalue weighted by Crippen LogP contribution is -1.96. The van der Waals surface area contributed by atoms with Crippen molar-refractivity contribution in [2.45, 2.75) is 24.7 Å². The molecule has 2 nitrogen and oxygen atoms in total. The summed E-state index contributed by atoms with van der Waals surface area (Å²) in [5.41, 5.74) is 1.12. The predicted octanol–water partition coefficient (Wildman–Crippen LogP) is 6.42. The molecule has 0 aliphatic carbocycles. The number of hydrogen-bond acceptors (Lipinski definition) is 3. The maximum absolute atomic E-state index is 6.00. The number of halogens is 2. The maximum atomic E-state index is 6.00. The Bertz CT molecular complexity index is 634. The molecule has 0 atom stereocenters. The van der Waals surface area contributed by atoms with Crippen LogP contribution in [0.25, 0.3) is 0 Å². The molecule has 0 aliphatic rings. The van der Waals surface area contributed by atoms with Crippen LogP contribution in [0.15, 0.2) is 44.2 Å². The number of methoxy groups -OCH3 is 1. The number of rotatable bonds is 4. The molecule has 0 radical (unpaired) electrons. The largest absolute Gasteiger partial charge is 0.496 e. The van der Waals surface area contributed by atoms with Gasteiger partial charge in [0.15, 0.2) is 5.75 Å². The van der Waals surface area contributed by atoms with Crippen molar-refractivity contribution in [3.05, 3.63) is 44.8 Å². The zero-order valence-electron chi connectivity index (χ0n) is 12.0. The third kappa shape index (κ3) is 3.96. The Morgan fingerprint density at radius 2 is 1.67 bits per heavy atom. The lowest BCUT2D eigenvalue weighted by Gasteiger charge is -2.15. The van der Waals surface area contributed by atoms with Crippen LogP contribution in [-0.4, -0.2) is 7.11 Å². The van der Waals surface area contributed by atoms with Gasteiger partial charge in [-0.2, -0.15) is 0 Å². The van der Waals surface area contributed by atoms with Crippen molar-refractivity contribution in [3.8, 4) is 17.2 Å². The molecule has 2 aromatic carbocycles. The molecule has 21 heavy (non-hydrogen) atoms. The van der Waals surface area contributed by atoms with Gasteiger partial charge in [-0.3, -0.25) is 0 Å². The van der Waals surface area contributed by atoms with E-state index in [1.54, 1.807) is 7.11 Å². The van der Waals surface area contributed by atoms with E-state index in [1.165, 1.54) is 0 Å². The van der Waals surface area contributed by atoms with Crippen molar-refractivity contribution in [2.24, 2.45) is 0 Å². The molecule has 0 N–H and O–H groups in total. The van der Waals surface area contributed by atoms with Crippen molar-refractivity contribution >= 4 is 44.5 Å². The predicted molar refractivity (Wildman–Crippen MR) is 96.3 cm³/mol. The summed E-state index contributed by atoms with van der Waals surface area (Å²) in [4.78, 5) is 0.860. The summed E-state index contributed by atoms with van der Waals surface area (Å²) < 4.78 is 13.1. The molecule has 0 aromatic heterocycles. The molecule has 0 spiro atoms. The third-order valence-electron chi connectivity index (χ3n) is 3.03. The van der Waals surface area contributed by atoms with Gasteiger partial charge in [-0.05, 0) is 68.1 Å². The van der Waals surface area contributed by atoms with E-state index in [0.717, 1.165) is 36.7 Å². The quantitative estimate of drug-likeness (QED) is 0.562. The maximum Gasteiger partial charge on any atom is 0.155 e. The minimum Gasteiger partial charge on any atom is -0.496 e. The summed E-state index contributed by atoms with van der Waals surface area (Å²) in [7, 11) is 1.68. The van der Waals surface area contributed by atoms with Crippen molar-refractivity contribution in [1.29, 1.82) is 0 Å². The molecule has 0 unspecified atom stereocenters. The smallest absolute Gasteiger partial charge is 0.155 e. The summed E-state index contributed by atoms with van der Waals surface area (Å²) in [6.07, 6.45) is 0. The van der Waals surface area contributed by atoms with Crippen LogP contribution in [0, 0.1) is 0 Å². The number of hydrogen-bond donors (Lipinski definition) is 1. The van der Waals surface area contributed by atoms with E-state index in [2.05, 4.69) is 58.3 Å². The Morgan fingerprint density at radius 1 is 1.05 bits per heavy atom. The first-order valence-electron chi connectivity index (χ1n) is 6.46. The number of benzene rings is 2. The monoisotopic (exact) mass is 430 g/mol. The first-order valence-corrected chi connectivity index (χ1v) is 8.49. The van der Waals surface area contributed by atoms with Gasteiger partial charge in [0.25, 0.3) is 0 Å². The average Bonchev–Trinajstić information content (AvgIpc) is 2.42. The molecular formula is C16H16Br2O2S. The van der Waals surface area contributed by atoms with Gasteiger partial charge in [0.1, 0.15) is 11.5 Å². The van der Waals surface area contributed by atoms with Crippen LogP contribution in [0.1, 0.15) is 25.3 Å². The molecule has 2 rings (SSSR count). The number of ether oxygens (including phenoxy) is 2. The Morgan fingerprint density at radius 3 is 2.19 bits per heavy atom. The Kier molecular flexibility index (Phi) is 5.63. The fourth-order valence-corrected chi connectivity index (χ4v) is 3.95. The summed E-state index contributed by atoms with van der Waals surface area (Å²) >= 11 is 11.3. The van der Waals surface area contributed by atoms with Crippen LogP contribution >= 0.6 is 44.5 Å². The van der Waals surface area contributed by atoms with Gasteiger partial charge in [-0.15, -0.1) is 12.6 Å². The Labute approximate surface area is 147 Å². The fourth-order valence-electron chi connectivity index (χ4n) is 1.99. The van der Waals surface area contributed by atoms with Crippen LogP contribution in [0.4, 0.5) is 0 Å². The van der Waals surface area contributed by atoms with E-state index in [-0.39, 0.29) is 0 Å². The van der Waals surface area contributed by atoms with E-state index in [1.807, 2.05) is 30.3 Å². The molecule has 5 heteroatoms. The number of thiol groups is 1. The molecule has 0 heterocycles. The summed E-state index contributed by atoms with van der Waals surface area (Å²) in [5.74, 6) is 2.73. The molecule has 0 saturated heterocycles. The lowest BCUT2D eigenvalue weighted by molar-refractivity contribution is 0.405. The minimum absolute atomic E-state index is 0.357. The van der Waals surface area contributed by atoms with Gasteiger partial charge in [0, 0.05) is 10.5 Å². The van der Waals surface area contributed by atoms with E-state index >= 15 is 0 Å². The molecule has 0 bridgehead atoms. The van der Waals surface area contributed by atoms with Crippen LogP contribution < -0.4 is 9.47 Å². The minimum atomic E-state index is 0.357. The van der Waals surface area contributed by atoms with Gasteiger partial charge in [0.2, 0.25) is 0 Å². The Hall–Kier alpha value is -0.650. The molecule has 0 fully saturated rings. The van der Waals surface area contributed by atoms with Crippen LogP contribution in [0.3, 0.4) is 0 Å². The van der Waals surface area contributed by atoms with Crippen LogP contribution in [-0.2, 0) is 0 Å². The SMILES string of the molecule is COc1ccc(Oc2c(Br)cc(S)cc2Br)cc1C(C)C. The van der Waals surface area contributed by atoms with Gasteiger partial charge in [-0.1, -0.05) is 13.8 Å². The highest BCUT2D eigenvalue weighted by atomic mass is 79.9. The topological polar surface area (TPSA) is 18.5 Å². The molecule has 0 amide bonds. The second-order valence-corrected chi connectivity index (χ2v) is 7.12. The molecule has 112 valence electrons. The molecular weight excluding hydrogens is 416 g/mol. The van der Waals surface area contributed by atoms with Crippen molar-refractivity contribution in [3.63, 3.8) is 0 Å². The second-order valence-electron chi connectivity index (χ2n) is 4.90. The highest BCUT2D eigenvalue weighted by Crippen LogP contribution is 2.40. The summed E-state index contributed by atoms with van der Waals surface area (Å²) in [5, 5.41) is 0. The van der Waals surface area contributed by atoms with Crippen molar-refractivity contribution in [1.82, 2.24) is 0 Å². The highest BCUT2D eigenvalue weighted by molar-refractivity contribution is 9.11. The average molecular weight is 432 g/mol. The molecule has 0 aliphatic heterocycles. The van der Waals surface area contributed by atoms with Gasteiger partial charge >= 0.3 is 0 Å². The van der Waals surface area contributed by atoms with E-state index in [9.17, 15) is 0 Å². The third-order valence-corrected chi connectivity index (χ3v) is 4.46. The van der Waals surface area contributed by atoms with E-state index in [0.29, 0.717) is 5.92 Å². The molecule has 2 aromatic rings. The van der Waals surface area contributed by atoms with Gasteiger partial charge < -0.3 is 9.47 Å². The lowest BCUT2D eigenvalue weighted by atomic mass is 10.0. The Balaban J connectivity index is 2.39. The fraction of sp³-hybridized carbons (Fsp3) is 0.250. The van der Waals surface area contributed by atoms with E-state index < -0.39 is 0 Å². The van der Waals surface area contributed by atoms with Crippen LogP contribution in [0.2, 0.25) is 0 Å². The van der Waals surface area contributed by atoms with E-state index in [4.69, 9.17) is 9.47 Å². The summed E-state index contributed by atoms with van der Waals surface area (Å²) in [6, 6.07) is 9.64. The highest BCUT2D eigenvalue weighted by Gasteiger charge is 2.13. The zero-order valence-corrected chi connectivity index (χ0v) is 16.1. The second kappa shape index (κ2) is 7.07. The van der Waals surface area contributed by atoms with Gasteiger partial charge in [0.05, 0.1) is 16.1 Å². The normalized spacial score (nSPS) is 10.8. The molecule has 0 saturated carbocycles. The first-order chi connectivity index (χ1) is 9.92. The summed E-state index contributed by atoms with van der Waals surface area (Å²) in [6.45, 7) is 4.26.